The van der Waals surface area contributed by atoms with Crippen molar-refractivity contribution in [2.24, 2.45) is 5.41 Å². The zero-order valence-corrected chi connectivity index (χ0v) is 9.99. The molecule has 0 saturated heterocycles. The average Bonchev–Trinajstić information content (AvgIpc) is 2.10. The summed E-state index contributed by atoms with van der Waals surface area (Å²) in [6, 6.07) is 0. The van der Waals surface area contributed by atoms with Crippen molar-refractivity contribution >= 4 is 0 Å². The van der Waals surface area contributed by atoms with Gasteiger partial charge in [-0.05, 0) is 0 Å². The Morgan fingerprint density at radius 3 is 2.25 bits per heavy atom. The molecular weight excluding hydrogens is 223 g/mol. The van der Waals surface area contributed by atoms with Crippen LogP contribution < -0.4 is 5.32 Å². The molecule has 0 aliphatic heterocycles. The van der Waals surface area contributed by atoms with Gasteiger partial charge in [-0.1, -0.05) is 13.8 Å². The first kappa shape index (κ1) is 15.7. The van der Waals surface area contributed by atoms with E-state index in [1.165, 1.54) is 0 Å². The van der Waals surface area contributed by atoms with E-state index in [0.29, 0.717) is 19.7 Å². The molecule has 0 fully saturated rings. The highest BCUT2D eigenvalue weighted by atomic mass is 19.4. The SMILES string of the molecule is COCCNCC(C)(C)COCC(F)(F)F. The Hall–Kier alpha value is -0.330. The second-order valence-electron chi connectivity index (χ2n) is 4.44. The Morgan fingerprint density at radius 1 is 1.12 bits per heavy atom. The maximum Gasteiger partial charge on any atom is 0.411 e. The maximum absolute atomic E-state index is 11.8. The number of alkyl halides is 3. The van der Waals surface area contributed by atoms with E-state index in [-0.39, 0.29) is 12.0 Å². The van der Waals surface area contributed by atoms with E-state index in [9.17, 15) is 13.2 Å². The third-order valence-electron chi connectivity index (χ3n) is 1.85. The molecule has 0 aromatic heterocycles. The van der Waals surface area contributed by atoms with Gasteiger partial charge in [0.05, 0.1) is 13.2 Å². The number of nitrogens with one attached hydrogen (secondary N) is 1. The molecule has 0 aromatic carbocycles. The van der Waals surface area contributed by atoms with Gasteiger partial charge in [0, 0.05) is 25.6 Å². The van der Waals surface area contributed by atoms with E-state index in [2.05, 4.69) is 10.1 Å². The Balaban J connectivity index is 3.62. The van der Waals surface area contributed by atoms with Crippen LogP contribution in [0.1, 0.15) is 13.8 Å². The van der Waals surface area contributed by atoms with Gasteiger partial charge in [-0.2, -0.15) is 13.2 Å². The average molecular weight is 243 g/mol. The first-order valence-corrected chi connectivity index (χ1v) is 5.11. The zero-order valence-electron chi connectivity index (χ0n) is 9.99. The van der Waals surface area contributed by atoms with E-state index < -0.39 is 12.8 Å². The molecule has 0 atom stereocenters. The molecular formula is C10H20F3NO2. The van der Waals surface area contributed by atoms with Crippen molar-refractivity contribution < 1.29 is 22.6 Å². The van der Waals surface area contributed by atoms with Gasteiger partial charge >= 0.3 is 6.18 Å². The van der Waals surface area contributed by atoms with Crippen molar-refractivity contribution in [2.75, 3.05) is 40.0 Å². The van der Waals surface area contributed by atoms with Gasteiger partial charge in [0.15, 0.2) is 0 Å². The molecule has 0 saturated carbocycles. The molecule has 0 heterocycles. The Kier molecular flexibility index (Phi) is 6.94. The molecule has 0 aromatic rings. The van der Waals surface area contributed by atoms with E-state index in [1.807, 2.05) is 13.8 Å². The summed E-state index contributed by atoms with van der Waals surface area (Å²) in [5.74, 6) is 0. The molecule has 0 amide bonds. The Bertz CT molecular complexity index is 183. The van der Waals surface area contributed by atoms with Gasteiger partial charge in [-0.15, -0.1) is 0 Å². The smallest absolute Gasteiger partial charge is 0.383 e. The molecule has 16 heavy (non-hydrogen) atoms. The van der Waals surface area contributed by atoms with Crippen molar-refractivity contribution in [3.63, 3.8) is 0 Å². The van der Waals surface area contributed by atoms with E-state index >= 15 is 0 Å². The van der Waals surface area contributed by atoms with Crippen molar-refractivity contribution in [1.29, 1.82) is 0 Å². The van der Waals surface area contributed by atoms with Gasteiger partial charge in [-0.25, -0.2) is 0 Å². The van der Waals surface area contributed by atoms with Crippen LogP contribution in [0.5, 0.6) is 0 Å². The number of halogens is 3. The normalized spacial score (nSPS) is 13.1. The van der Waals surface area contributed by atoms with Crippen LogP contribution in [-0.2, 0) is 9.47 Å². The fourth-order valence-electron chi connectivity index (χ4n) is 1.10. The lowest BCUT2D eigenvalue weighted by atomic mass is 9.95. The van der Waals surface area contributed by atoms with Crippen LogP contribution in [0.25, 0.3) is 0 Å². The first-order valence-electron chi connectivity index (χ1n) is 5.11. The highest BCUT2D eigenvalue weighted by Gasteiger charge is 2.29. The fraction of sp³-hybridized carbons (Fsp3) is 1.00. The summed E-state index contributed by atoms with van der Waals surface area (Å²) >= 11 is 0. The summed E-state index contributed by atoms with van der Waals surface area (Å²) in [6.45, 7) is 4.44. The van der Waals surface area contributed by atoms with E-state index in [0.717, 1.165) is 0 Å². The predicted molar refractivity (Wildman–Crippen MR) is 55.4 cm³/mol. The van der Waals surface area contributed by atoms with Gasteiger partial charge in [0.1, 0.15) is 6.61 Å². The molecule has 0 aliphatic rings. The standard InChI is InChI=1S/C10H20F3NO2/c1-9(2,6-14-4-5-15-3)7-16-8-10(11,12)13/h14H,4-8H2,1-3H3. The van der Waals surface area contributed by atoms with Gasteiger partial charge in [0.2, 0.25) is 0 Å². The summed E-state index contributed by atoms with van der Waals surface area (Å²) < 4.78 is 44.9. The molecule has 3 nitrogen and oxygen atoms in total. The number of ether oxygens (including phenoxy) is 2. The van der Waals surface area contributed by atoms with Gasteiger partial charge in [0.25, 0.3) is 0 Å². The fourth-order valence-corrected chi connectivity index (χ4v) is 1.10. The van der Waals surface area contributed by atoms with Crippen LogP contribution in [0, 0.1) is 5.41 Å². The monoisotopic (exact) mass is 243 g/mol. The van der Waals surface area contributed by atoms with E-state index in [1.54, 1.807) is 7.11 Å². The lowest BCUT2D eigenvalue weighted by Crippen LogP contribution is -2.35. The summed E-state index contributed by atoms with van der Waals surface area (Å²) in [4.78, 5) is 0. The third-order valence-corrected chi connectivity index (χ3v) is 1.85. The molecule has 0 radical (unpaired) electrons. The summed E-state index contributed by atoms with van der Waals surface area (Å²) in [7, 11) is 1.60. The van der Waals surface area contributed by atoms with Crippen molar-refractivity contribution in [3.8, 4) is 0 Å². The Morgan fingerprint density at radius 2 is 1.75 bits per heavy atom. The number of hydrogen-bond acceptors (Lipinski definition) is 3. The summed E-state index contributed by atoms with van der Waals surface area (Å²) in [6.07, 6.45) is -4.25. The number of methoxy groups -OCH3 is 1. The van der Waals surface area contributed by atoms with Gasteiger partial charge in [-0.3, -0.25) is 0 Å². The number of rotatable bonds is 8. The van der Waals surface area contributed by atoms with Crippen LogP contribution in [0.15, 0.2) is 0 Å². The molecule has 98 valence electrons. The maximum atomic E-state index is 11.8. The molecule has 0 rings (SSSR count). The predicted octanol–water partition coefficient (Wildman–Crippen LogP) is 1.83. The van der Waals surface area contributed by atoms with Crippen molar-refractivity contribution in [2.45, 2.75) is 20.0 Å². The summed E-state index contributed by atoms with van der Waals surface area (Å²) in [5, 5.41) is 3.09. The van der Waals surface area contributed by atoms with Crippen LogP contribution in [0.4, 0.5) is 13.2 Å². The second-order valence-corrected chi connectivity index (χ2v) is 4.44. The van der Waals surface area contributed by atoms with Crippen LogP contribution in [0.2, 0.25) is 0 Å². The zero-order chi connectivity index (χ0) is 12.7. The summed E-state index contributed by atoms with van der Waals surface area (Å²) in [5.41, 5.74) is -0.320. The lowest BCUT2D eigenvalue weighted by molar-refractivity contribution is -0.179. The van der Waals surface area contributed by atoms with Crippen LogP contribution >= 0.6 is 0 Å². The molecule has 0 bridgehead atoms. The minimum absolute atomic E-state index is 0.0759. The van der Waals surface area contributed by atoms with Crippen molar-refractivity contribution in [3.05, 3.63) is 0 Å². The quantitative estimate of drug-likeness (QED) is 0.660. The molecule has 1 N–H and O–H groups in total. The minimum atomic E-state index is -4.25. The first-order chi connectivity index (χ1) is 7.27. The minimum Gasteiger partial charge on any atom is -0.383 e. The van der Waals surface area contributed by atoms with Gasteiger partial charge < -0.3 is 14.8 Å². The topological polar surface area (TPSA) is 30.5 Å². The van der Waals surface area contributed by atoms with Crippen LogP contribution in [0.3, 0.4) is 0 Å². The van der Waals surface area contributed by atoms with Crippen LogP contribution in [-0.4, -0.2) is 46.2 Å². The Labute approximate surface area is 94.3 Å². The third kappa shape index (κ3) is 10.2. The van der Waals surface area contributed by atoms with Crippen molar-refractivity contribution in [1.82, 2.24) is 5.32 Å². The largest absolute Gasteiger partial charge is 0.411 e. The molecule has 0 aliphatic carbocycles. The highest BCUT2D eigenvalue weighted by molar-refractivity contribution is 4.71. The lowest BCUT2D eigenvalue weighted by Gasteiger charge is -2.25. The molecule has 0 unspecified atom stereocenters. The molecule has 6 heteroatoms. The molecule has 0 spiro atoms. The number of hydrogen-bond donors (Lipinski definition) is 1. The second kappa shape index (κ2) is 7.09. The highest BCUT2D eigenvalue weighted by Crippen LogP contribution is 2.18. The van der Waals surface area contributed by atoms with E-state index in [4.69, 9.17) is 4.74 Å².